The summed E-state index contributed by atoms with van der Waals surface area (Å²) in [6.07, 6.45) is 2.99. The fraction of sp³-hybridized carbons (Fsp3) is 0.300. The number of hydrogen-bond acceptors (Lipinski definition) is 4. The fourth-order valence-corrected chi connectivity index (χ4v) is 2.15. The van der Waals surface area contributed by atoms with Crippen LogP contribution in [0.1, 0.15) is 10.4 Å². The van der Waals surface area contributed by atoms with Gasteiger partial charge in [0, 0.05) is 16.7 Å². The summed E-state index contributed by atoms with van der Waals surface area (Å²) in [5.41, 5.74) is 0.443. The third-order valence-electron chi connectivity index (χ3n) is 1.81. The first-order valence-corrected chi connectivity index (χ1v) is 7.56. The van der Waals surface area contributed by atoms with Gasteiger partial charge < -0.3 is 0 Å². The molecule has 15 heavy (non-hydrogen) atoms. The molecule has 0 saturated heterocycles. The van der Waals surface area contributed by atoms with Crippen LogP contribution >= 0.6 is 11.8 Å². The monoisotopic (exact) mass is 244 g/mol. The minimum atomic E-state index is -3.24. The summed E-state index contributed by atoms with van der Waals surface area (Å²) in [6.45, 7) is 0. The molecule has 0 aliphatic carbocycles. The van der Waals surface area contributed by atoms with Crippen LogP contribution in [0.25, 0.3) is 0 Å². The normalized spacial score (nSPS) is 11.3. The smallest absolute Gasteiger partial charge is 0.177 e. The topological polar surface area (TPSA) is 51.2 Å². The molecule has 0 N–H and O–H groups in total. The molecule has 0 radical (unpaired) electrons. The number of benzene rings is 1. The van der Waals surface area contributed by atoms with Gasteiger partial charge >= 0.3 is 0 Å². The maximum Gasteiger partial charge on any atom is 0.177 e. The SMILES string of the molecule is CSc1ccc(C(=O)CS(C)(=O)=O)cc1. The predicted octanol–water partition coefficient (Wildman–Crippen LogP) is 1.64. The van der Waals surface area contributed by atoms with E-state index in [0.717, 1.165) is 11.2 Å². The number of sulfone groups is 1. The Morgan fingerprint density at radius 3 is 2.20 bits per heavy atom. The first kappa shape index (κ1) is 12.3. The maximum atomic E-state index is 11.5. The highest BCUT2D eigenvalue weighted by Crippen LogP contribution is 2.15. The van der Waals surface area contributed by atoms with E-state index in [-0.39, 0.29) is 5.78 Å². The van der Waals surface area contributed by atoms with Crippen molar-refractivity contribution in [2.24, 2.45) is 0 Å². The van der Waals surface area contributed by atoms with E-state index >= 15 is 0 Å². The van der Waals surface area contributed by atoms with Crippen LogP contribution < -0.4 is 0 Å². The van der Waals surface area contributed by atoms with Gasteiger partial charge in [-0.05, 0) is 18.4 Å². The largest absolute Gasteiger partial charge is 0.293 e. The standard InChI is InChI=1S/C10H12O3S2/c1-14-9-5-3-8(4-6-9)10(11)7-15(2,12)13/h3-6H,7H2,1-2H3. The molecular weight excluding hydrogens is 232 g/mol. The Kier molecular flexibility index (Phi) is 3.93. The minimum Gasteiger partial charge on any atom is -0.293 e. The second kappa shape index (κ2) is 4.81. The van der Waals surface area contributed by atoms with E-state index in [1.54, 1.807) is 36.0 Å². The highest BCUT2D eigenvalue weighted by Gasteiger charge is 2.12. The van der Waals surface area contributed by atoms with Crippen molar-refractivity contribution in [3.63, 3.8) is 0 Å². The Morgan fingerprint density at radius 2 is 1.80 bits per heavy atom. The average molecular weight is 244 g/mol. The number of Topliss-reactive ketones (excluding diaryl/α,β-unsaturated/α-hetero) is 1. The molecule has 0 amide bonds. The molecular formula is C10H12O3S2. The van der Waals surface area contributed by atoms with Gasteiger partial charge in [-0.2, -0.15) is 0 Å². The zero-order valence-electron chi connectivity index (χ0n) is 8.56. The van der Waals surface area contributed by atoms with Gasteiger partial charge in [-0.1, -0.05) is 12.1 Å². The zero-order valence-corrected chi connectivity index (χ0v) is 10.2. The molecule has 0 saturated carbocycles. The van der Waals surface area contributed by atoms with Crippen LogP contribution in [0.5, 0.6) is 0 Å². The van der Waals surface area contributed by atoms with Gasteiger partial charge in [0.25, 0.3) is 0 Å². The Morgan fingerprint density at radius 1 is 1.27 bits per heavy atom. The zero-order chi connectivity index (χ0) is 11.5. The summed E-state index contributed by atoms with van der Waals surface area (Å²) in [5, 5.41) is 0. The first-order valence-electron chi connectivity index (χ1n) is 4.27. The number of hydrogen-bond donors (Lipinski definition) is 0. The molecule has 3 nitrogen and oxygen atoms in total. The molecule has 0 aliphatic rings. The van der Waals surface area contributed by atoms with Crippen molar-refractivity contribution in [3.8, 4) is 0 Å². The van der Waals surface area contributed by atoms with E-state index in [1.165, 1.54) is 0 Å². The van der Waals surface area contributed by atoms with Crippen molar-refractivity contribution in [1.29, 1.82) is 0 Å². The highest BCUT2D eigenvalue weighted by molar-refractivity contribution is 7.98. The summed E-state index contributed by atoms with van der Waals surface area (Å²) >= 11 is 1.57. The lowest BCUT2D eigenvalue weighted by Gasteiger charge is -2.00. The third-order valence-corrected chi connectivity index (χ3v) is 3.34. The molecule has 5 heteroatoms. The second-order valence-electron chi connectivity index (χ2n) is 3.22. The highest BCUT2D eigenvalue weighted by atomic mass is 32.2. The van der Waals surface area contributed by atoms with Crippen LogP contribution in [-0.4, -0.2) is 32.5 Å². The van der Waals surface area contributed by atoms with Crippen molar-refractivity contribution >= 4 is 27.4 Å². The number of carbonyl (C=O) groups excluding carboxylic acids is 1. The van der Waals surface area contributed by atoms with Gasteiger partial charge in [-0.3, -0.25) is 4.79 Å². The minimum absolute atomic E-state index is 0.356. The van der Waals surface area contributed by atoms with E-state index in [2.05, 4.69) is 0 Å². The van der Waals surface area contributed by atoms with E-state index in [0.29, 0.717) is 5.56 Å². The van der Waals surface area contributed by atoms with Gasteiger partial charge in [-0.25, -0.2) is 8.42 Å². The lowest BCUT2D eigenvalue weighted by molar-refractivity contribution is 0.102. The second-order valence-corrected chi connectivity index (χ2v) is 6.24. The quantitative estimate of drug-likeness (QED) is 0.597. The van der Waals surface area contributed by atoms with Crippen molar-refractivity contribution in [2.75, 3.05) is 18.3 Å². The molecule has 1 rings (SSSR count). The molecule has 1 aromatic carbocycles. The number of rotatable bonds is 4. The molecule has 0 bridgehead atoms. The van der Waals surface area contributed by atoms with Crippen molar-refractivity contribution in [2.45, 2.75) is 4.90 Å². The van der Waals surface area contributed by atoms with E-state index in [4.69, 9.17) is 0 Å². The molecule has 0 atom stereocenters. The molecule has 1 aromatic rings. The van der Waals surface area contributed by atoms with Crippen LogP contribution in [0, 0.1) is 0 Å². The summed E-state index contributed by atoms with van der Waals surface area (Å²) < 4.78 is 21.8. The van der Waals surface area contributed by atoms with Crippen LogP contribution in [0.3, 0.4) is 0 Å². The third kappa shape index (κ3) is 4.05. The fourth-order valence-electron chi connectivity index (χ4n) is 1.10. The molecule has 0 spiro atoms. The van der Waals surface area contributed by atoms with Gasteiger partial charge in [0.1, 0.15) is 5.75 Å². The Hall–Kier alpha value is -0.810. The van der Waals surface area contributed by atoms with Gasteiger partial charge in [0.2, 0.25) is 0 Å². The van der Waals surface area contributed by atoms with Crippen LogP contribution in [0.2, 0.25) is 0 Å². The molecule has 0 aliphatic heterocycles. The van der Waals surface area contributed by atoms with Crippen LogP contribution in [0.4, 0.5) is 0 Å². The van der Waals surface area contributed by atoms with E-state index in [9.17, 15) is 13.2 Å². The van der Waals surface area contributed by atoms with Gasteiger partial charge in [0.05, 0.1) is 0 Å². The number of ketones is 1. The van der Waals surface area contributed by atoms with Gasteiger partial charge in [0.15, 0.2) is 15.6 Å². The average Bonchev–Trinajstić information content (AvgIpc) is 2.15. The summed E-state index contributed by atoms with van der Waals surface area (Å²) in [6, 6.07) is 6.92. The number of thioether (sulfide) groups is 1. The van der Waals surface area contributed by atoms with Crippen molar-refractivity contribution in [3.05, 3.63) is 29.8 Å². The van der Waals surface area contributed by atoms with E-state index < -0.39 is 15.6 Å². The summed E-state index contributed by atoms with van der Waals surface area (Å²) in [5.74, 6) is -0.781. The Balaban J connectivity index is 2.84. The summed E-state index contributed by atoms with van der Waals surface area (Å²) in [7, 11) is -3.24. The number of carbonyl (C=O) groups is 1. The van der Waals surface area contributed by atoms with Crippen LogP contribution in [-0.2, 0) is 9.84 Å². The van der Waals surface area contributed by atoms with Crippen molar-refractivity contribution in [1.82, 2.24) is 0 Å². The summed E-state index contributed by atoms with van der Waals surface area (Å²) in [4.78, 5) is 12.5. The van der Waals surface area contributed by atoms with Gasteiger partial charge in [-0.15, -0.1) is 11.8 Å². The Bertz CT molecular complexity index is 446. The van der Waals surface area contributed by atoms with Crippen molar-refractivity contribution < 1.29 is 13.2 Å². The maximum absolute atomic E-state index is 11.5. The molecule has 82 valence electrons. The molecule has 0 aromatic heterocycles. The first-order chi connectivity index (χ1) is 6.92. The predicted molar refractivity (Wildman–Crippen MR) is 62.3 cm³/mol. The molecule has 0 fully saturated rings. The lowest BCUT2D eigenvalue weighted by atomic mass is 10.1. The lowest BCUT2D eigenvalue weighted by Crippen LogP contribution is -2.14. The van der Waals surface area contributed by atoms with E-state index in [1.807, 2.05) is 6.26 Å². The van der Waals surface area contributed by atoms with Crippen LogP contribution in [0.15, 0.2) is 29.2 Å². The molecule has 0 unspecified atom stereocenters. The molecule has 0 heterocycles. The Labute approximate surface area is 93.8 Å².